The Morgan fingerprint density at radius 2 is 1.71 bits per heavy atom. The summed E-state index contributed by atoms with van der Waals surface area (Å²) in [5.41, 5.74) is 4.67. The van der Waals surface area contributed by atoms with Gasteiger partial charge in [0.05, 0.1) is 16.6 Å². The lowest BCUT2D eigenvalue weighted by Gasteiger charge is -2.25. The van der Waals surface area contributed by atoms with Crippen LogP contribution in [0.25, 0.3) is 39.1 Å². The first-order chi connectivity index (χ1) is 18.1. The van der Waals surface area contributed by atoms with Gasteiger partial charge in [0.25, 0.3) is 12.0 Å². The van der Waals surface area contributed by atoms with E-state index in [-0.39, 0.29) is 5.56 Å². The zero-order valence-corrected chi connectivity index (χ0v) is 23.7. The SMILES string of the molecule is CCOC(O[Si](C)(C)C)n1cnc(-c2ccc(-c3c(C)ncc4c(=O)n(-c5ccc(Cl)cc5)[nH]c34)cc2)n1. The highest BCUT2D eigenvalue weighted by molar-refractivity contribution is 6.69. The second-order valence-corrected chi connectivity index (χ2v) is 14.8. The van der Waals surface area contributed by atoms with Gasteiger partial charge in [0.1, 0.15) is 6.33 Å². The van der Waals surface area contributed by atoms with Crippen LogP contribution in [0.4, 0.5) is 0 Å². The molecule has 3 heterocycles. The minimum atomic E-state index is -1.86. The number of fused-ring (bicyclic) bond motifs is 1. The minimum absolute atomic E-state index is 0.174. The summed E-state index contributed by atoms with van der Waals surface area (Å²) >= 11 is 6.03. The maximum absolute atomic E-state index is 13.2. The molecule has 38 heavy (non-hydrogen) atoms. The van der Waals surface area contributed by atoms with Crippen molar-refractivity contribution in [2.24, 2.45) is 0 Å². The van der Waals surface area contributed by atoms with Crippen molar-refractivity contribution >= 4 is 30.8 Å². The molecule has 0 spiro atoms. The normalized spacial score (nSPS) is 12.8. The molecule has 0 radical (unpaired) electrons. The maximum Gasteiger partial charge on any atom is 0.280 e. The van der Waals surface area contributed by atoms with Crippen LogP contribution in [0.3, 0.4) is 0 Å². The van der Waals surface area contributed by atoms with Crippen LogP contribution in [0.5, 0.6) is 0 Å². The lowest BCUT2D eigenvalue weighted by molar-refractivity contribution is -0.142. The molecular formula is C27H29ClN6O3Si. The molecule has 1 unspecified atom stereocenters. The lowest BCUT2D eigenvalue weighted by Crippen LogP contribution is -2.32. The fraction of sp³-hybridized carbons (Fsp3) is 0.259. The Labute approximate surface area is 226 Å². The molecule has 9 nitrogen and oxygen atoms in total. The summed E-state index contributed by atoms with van der Waals surface area (Å²) in [5.74, 6) is 0.566. The number of pyridine rings is 1. The summed E-state index contributed by atoms with van der Waals surface area (Å²) in [7, 11) is -1.86. The number of ether oxygens (including phenoxy) is 1. The van der Waals surface area contributed by atoms with E-state index in [0.717, 1.165) is 27.9 Å². The number of hydrogen-bond donors (Lipinski definition) is 1. The smallest absolute Gasteiger partial charge is 0.280 e. The van der Waals surface area contributed by atoms with Gasteiger partial charge < -0.3 is 9.16 Å². The largest absolute Gasteiger partial charge is 0.376 e. The summed E-state index contributed by atoms with van der Waals surface area (Å²) in [6.45, 7) is 10.7. The second kappa shape index (κ2) is 10.3. The molecule has 1 N–H and O–H groups in total. The van der Waals surface area contributed by atoms with Crippen molar-refractivity contribution in [3.05, 3.63) is 82.1 Å². The molecule has 5 aromatic rings. The summed E-state index contributed by atoms with van der Waals surface area (Å²) in [4.78, 5) is 22.1. The number of halogens is 1. The number of rotatable bonds is 8. The van der Waals surface area contributed by atoms with Crippen LogP contribution in [0.2, 0.25) is 24.7 Å². The first-order valence-corrected chi connectivity index (χ1v) is 16.1. The van der Waals surface area contributed by atoms with E-state index in [2.05, 4.69) is 39.8 Å². The molecule has 0 aliphatic heterocycles. The van der Waals surface area contributed by atoms with Gasteiger partial charge in [-0.1, -0.05) is 35.9 Å². The fourth-order valence-corrected chi connectivity index (χ4v) is 5.10. The highest BCUT2D eigenvalue weighted by atomic mass is 35.5. The standard InChI is InChI=1S/C27H29ClN6O3Si/c1-6-36-27(37-38(3,4)5)33-16-30-25(32-33)19-9-7-18(8-10-19)23-17(2)29-15-22-24(23)31-34(26(22)35)21-13-11-20(28)12-14-21/h7-16,27,31H,6H2,1-5H3. The van der Waals surface area contributed by atoms with Gasteiger partial charge in [-0.05, 0) is 63.3 Å². The molecular weight excluding hydrogens is 520 g/mol. The Morgan fingerprint density at radius 3 is 2.37 bits per heavy atom. The lowest BCUT2D eigenvalue weighted by atomic mass is 10.0. The average molecular weight is 549 g/mol. The van der Waals surface area contributed by atoms with Crippen molar-refractivity contribution in [1.29, 1.82) is 0 Å². The number of nitrogens with zero attached hydrogens (tertiary/aromatic N) is 5. The molecule has 3 aromatic heterocycles. The highest BCUT2D eigenvalue weighted by Crippen LogP contribution is 2.30. The van der Waals surface area contributed by atoms with Gasteiger partial charge in [0.15, 0.2) is 14.1 Å². The third-order valence-electron chi connectivity index (χ3n) is 5.93. The highest BCUT2D eigenvalue weighted by Gasteiger charge is 2.24. The number of nitrogens with one attached hydrogen (secondary N) is 1. The maximum atomic E-state index is 13.2. The van der Waals surface area contributed by atoms with Crippen molar-refractivity contribution in [3.63, 3.8) is 0 Å². The fourth-order valence-electron chi connectivity index (χ4n) is 4.20. The molecule has 0 aliphatic rings. The molecule has 0 fully saturated rings. The van der Waals surface area contributed by atoms with Crippen LogP contribution >= 0.6 is 11.6 Å². The predicted octanol–water partition coefficient (Wildman–Crippen LogP) is 5.95. The van der Waals surface area contributed by atoms with Gasteiger partial charge in [0, 0.05) is 34.6 Å². The topological polar surface area (TPSA) is 99.9 Å². The quantitative estimate of drug-likeness (QED) is 0.190. The van der Waals surface area contributed by atoms with E-state index in [0.29, 0.717) is 28.5 Å². The van der Waals surface area contributed by atoms with E-state index in [4.69, 9.17) is 20.8 Å². The van der Waals surface area contributed by atoms with E-state index in [1.165, 1.54) is 4.68 Å². The van der Waals surface area contributed by atoms with E-state index in [1.54, 1.807) is 41.5 Å². The second-order valence-electron chi connectivity index (χ2n) is 9.85. The average Bonchev–Trinajstić information content (AvgIpc) is 3.49. The van der Waals surface area contributed by atoms with E-state index in [9.17, 15) is 4.79 Å². The van der Waals surface area contributed by atoms with Gasteiger partial charge >= 0.3 is 0 Å². The van der Waals surface area contributed by atoms with Gasteiger partial charge in [-0.3, -0.25) is 14.9 Å². The Hall–Kier alpha value is -3.57. The van der Waals surface area contributed by atoms with Crippen molar-refractivity contribution < 1.29 is 9.16 Å². The molecule has 0 amide bonds. The third-order valence-corrected chi connectivity index (χ3v) is 7.09. The third kappa shape index (κ3) is 5.21. The number of H-pyrrole nitrogens is 1. The molecule has 0 saturated carbocycles. The van der Waals surface area contributed by atoms with Gasteiger partial charge in [-0.2, -0.15) is 4.68 Å². The summed E-state index contributed by atoms with van der Waals surface area (Å²) in [6, 6.07) is 15.0. The zero-order chi connectivity index (χ0) is 27.0. The van der Waals surface area contributed by atoms with Crippen molar-refractivity contribution in [2.75, 3.05) is 6.61 Å². The summed E-state index contributed by atoms with van der Waals surface area (Å²) < 4.78 is 15.0. The molecule has 0 saturated heterocycles. The minimum Gasteiger partial charge on any atom is -0.376 e. The van der Waals surface area contributed by atoms with E-state index >= 15 is 0 Å². The monoisotopic (exact) mass is 548 g/mol. The first-order valence-electron chi connectivity index (χ1n) is 12.3. The molecule has 11 heteroatoms. The Kier molecular flexibility index (Phi) is 7.06. The van der Waals surface area contributed by atoms with E-state index < -0.39 is 14.7 Å². The Morgan fingerprint density at radius 1 is 1.03 bits per heavy atom. The number of hydrogen-bond acceptors (Lipinski definition) is 6. The number of aryl methyl sites for hydroxylation is 1. The van der Waals surface area contributed by atoms with Crippen LogP contribution in [-0.2, 0) is 9.16 Å². The summed E-state index contributed by atoms with van der Waals surface area (Å²) in [5, 5.41) is 8.99. The number of aromatic amines is 1. The van der Waals surface area contributed by atoms with Crippen LogP contribution in [0.15, 0.2) is 65.8 Å². The van der Waals surface area contributed by atoms with E-state index in [1.807, 2.05) is 38.1 Å². The number of benzene rings is 2. The molecule has 196 valence electrons. The van der Waals surface area contributed by atoms with Gasteiger partial charge in [-0.25, -0.2) is 9.67 Å². The Balaban J connectivity index is 1.49. The van der Waals surface area contributed by atoms with Crippen LogP contribution in [-0.4, -0.2) is 44.5 Å². The number of aromatic nitrogens is 6. The van der Waals surface area contributed by atoms with Crippen molar-refractivity contribution in [2.45, 2.75) is 39.9 Å². The van der Waals surface area contributed by atoms with Gasteiger partial charge in [0.2, 0.25) is 0 Å². The Bertz CT molecular complexity index is 1640. The molecule has 5 rings (SSSR count). The molecule has 1 atom stereocenters. The van der Waals surface area contributed by atoms with Gasteiger partial charge in [-0.15, -0.1) is 5.10 Å². The van der Waals surface area contributed by atoms with Crippen LogP contribution in [0.1, 0.15) is 19.0 Å². The van der Waals surface area contributed by atoms with Crippen molar-refractivity contribution in [3.8, 4) is 28.2 Å². The zero-order valence-electron chi connectivity index (χ0n) is 21.9. The van der Waals surface area contributed by atoms with Crippen LogP contribution in [0, 0.1) is 6.92 Å². The summed E-state index contributed by atoms with van der Waals surface area (Å²) in [6.07, 6.45) is 2.63. The molecule has 0 bridgehead atoms. The molecule has 0 aliphatic carbocycles. The molecule has 2 aromatic carbocycles. The first kappa shape index (κ1) is 26.1. The van der Waals surface area contributed by atoms with Crippen molar-refractivity contribution in [1.82, 2.24) is 29.5 Å². The van der Waals surface area contributed by atoms with Crippen LogP contribution < -0.4 is 5.56 Å². The predicted molar refractivity (Wildman–Crippen MR) is 151 cm³/mol.